The van der Waals surface area contributed by atoms with Crippen LogP contribution < -0.4 is 5.32 Å². The highest BCUT2D eigenvalue weighted by molar-refractivity contribution is 5.13. The van der Waals surface area contributed by atoms with E-state index in [9.17, 15) is 0 Å². The summed E-state index contributed by atoms with van der Waals surface area (Å²) in [4.78, 5) is 14.6. The monoisotopic (exact) mass is 275 g/mol. The van der Waals surface area contributed by atoms with Crippen LogP contribution in [0.3, 0.4) is 0 Å². The zero-order valence-corrected chi connectivity index (χ0v) is 12.6. The summed E-state index contributed by atoms with van der Waals surface area (Å²) in [7, 11) is 0. The summed E-state index contributed by atoms with van der Waals surface area (Å²) in [6.45, 7) is 12.0. The second kappa shape index (κ2) is 6.16. The summed E-state index contributed by atoms with van der Waals surface area (Å²) in [6, 6.07) is 2.49. The maximum absolute atomic E-state index is 4.81. The largest absolute Gasteiger partial charge is 0.311 e. The van der Waals surface area contributed by atoms with Crippen LogP contribution in [0.1, 0.15) is 36.6 Å². The Labute approximate surface area is 121 Å². The van der Waals surface area contributed by atoms with E-state index >= 15 is 0 Å². The van der Waals surface area contributed by atoms with Crippen LogP contribution in [-0.2, 0) is 6.54 Å². The van der Waals surface area contributed by atoms with E-state index in [0.717, 1.165) is 56.4 Å². The predicted octanol–water partition coefficient (Wildman–Crippen LogP) is 0.957. The number of nitrogens with one attached hydrogen (secondary N) is 1. The summed E-state index contributed by atoms with van der Waals surface area (Å²) < 4.78 is 0. The number of aromatic nitrogens is 2. The minimum absolute atomic E-state index is 0.391. The van der Waals surface area contributed by atoms with Crippen LogP contribution in [0.2, 0.25) is 0 Å². The molecule has 4 rings (SSSR count). The molecule has 0 aliphatic carbocycles. The van der Waals surface area contributed by atoms with Gasteiger partial charge in [-0.15, -0.1) is 0 Å². The Balaban J connectivity index is 1.75. The smallest absolute Gasteiger partial charge is 0.147 e. The molecule has 1 N–H and O–H groups in total. The minimum atomic E-state index is 0.391. The molecule has 1 unspecified atom stereocenters. The summed E-state index contributed by atoms with van der Waals surface area (Å²) in [6.07, 6.45) is 1.16. The average molecular weight is 275 g/mol. The van der Waals surface area contributed by atoms with Crippen LogP contribution in [-0.4, -0.2) is 59.0 Å². The first kappa shape index (κ1) is 13.9. The fourth-order valence-electron chi connectivity index (χ4n) is 3.15. The number of hydrogen-bond acceptors (Lipinski definition) is 5. The second-order valence-electron chi connectivity index (χ2n) is 5.89. The average Bonchev–Trinajstić information content (AvgIpc) is 2.48. The first-order valence-electron chi connectivity index (χ1n) is 7.78. The summed E-state index contributed by atoms with van der Waals surface area (Å²) in [5.41, 5.74) is 2.21. The molecule has 20 heavy (non-hydrogen) atoms. The summed E-state index contributed by atoms with van der Waals surface area (Å²) in [5.74, 6) is 1.02. The third-order valence-electron chi connectivity index (χ3n) is 4.23. The molecule has 1 aromatic heterocycles. The van der Waals surface area contributed by atoms with Crippen LogP contribution >= 0.6 is 0 Å². The van der Waals surface area contributed by atoms with Crippen molar-refractivity contribution in [3.8, 4) is 0 Å². The quantitative estimate of drug-likeness (QED) is 0.811. The van der Waals surface area contributed by atoms with E-state index in [-0.39, 0.29) is 0 Å². The van der Waals surface area contributed by atoms with Crippen molar-refractivity contribution in [2.24, 2.45) is 0 Å². The molecule has 3 saturated heterocycles. The third-order valence-corrected chi connectivity index (χ3v) is 4.23. The van der Waals surface area contributed by atoms with Crippen molar-refractivity contribution in [2.45, 2.75) is 32.9 Å². The van der Waals surface area contributed by atoms with Gasteiger partial charge >= 0.3 is 0 Å². The molecular weight excluding hydrogens is 250 g/mol. The number of hydrogen-bond donors (Lipinski definition) is 1. The van der Waals surface area contributed by atoms with Gasteiger partial charge in [0.1, 0.15) is 5.82 Å². The molecule has 110 valence electrons. The molecule has 5 heteroatoms. The molecule has 0 saturated carbocycles. The van der Waals surface area contributed by atoms with Crippen molar-refractivity contribution in [1.82, 2.24) is 25.1 Å². The van der Waals surface area contributed by atoms with Gasteiger partial charge in [0.15, 0.2) is 0 Å². The fourth-order valence-corrected chi connectivity index (χ4v) is 3.15. The number of nitrogens with zero attached hydrogens (tertiary/aromatic N) is 4. The molecule has 3 aliphatic heterocycles. The lowest BCUT2D eigenvalue weighted by molar-refractivity contribution is 0.00849. The molecule has 0 radical (unpaired) electrons. The van der Waals surface area contributed by atoms with E-state index in [4.69, 9.17) is 9.97 Å². The van der Waals surface area contributed by atoms with Gasteiger partial charge in [-0.2, -0.15) is 0 Å². The highest BCUT2D eigenvalue weighted by Crippen LogP contribution is 2.26. The molecule has 2 bridgehead atoms. The van der Waals surface area contributed by atoms with Gasteiger partial charge in [-0.25, -0.2) is 9.97 Å². The predicted molar refractivity (Wildman–Crippen MR) is 79.5 cm³/mol. The number of fused-ring (bicyclic) bond motifs is 3. The number of aryl methyl sites for hydroxylation is 1. The van der Waals surface area contributed by atoms with Crippen LogP contribution in [0.5, 0.6) is 0 Å². The zero-order valence-electron chi connectivity index (χ0n) is 12.6. The van der Waals surface area contributed by atoms with E-state index in [1.165, 1.54) is 13.1 Å². The molecule has 3 aliphatic rings. The van der Waals surface area contributed by atoms with E-state index < -0.39 is 0 Å². The Hall–Kier alpha value is -1.04. The molecule has 0 amide bonds. The molecular formula is C15H25N5. The first-order chi connectivity index (χ1) is 9.76. The van der Waals surface area contributed by atoms with Gasteiger partial charge in [0, 0.05) is 45.0 Å². The van der Waals surface area contributed by atoms with E-state index in [0.29, 0.717) is 6.04 Å². The third kappa shape index (κ3) is 3.00. The van der Waals surface area contributed by atoms with E-state index in [2.05, 4.69) is 35.0 Å². The Morgan fingerprint density at radius 2 is 2.05 bits per heavy atom. The molecule has 3 fully saturated rings. The first-order valence-corrected chi connectivity index (χ1v) is 7.78. The lowest BCUT2D eigenvalue weighted by Crippen LogP contribution is -2.57. The highest BCUT2D eigenvalue weighted by atomic mass is 15.4. The molecule has 4 heterocycles. The SMILES string of the molecule is CCCNCc1cc(C)nc(C2CN3CCN2CC3)n1. The van der Waals surface area contributed by atoms with Gasteiger partial charge < -0.3 is 5.32 Å². The fraction of sp³-hybridized carbons (Fsp3) is 0.733. The van der Waals surface area contributed by atoms with Gasteiger partial charge in [-0.05, 0) is 26.0 Å². The Morgan fingerprint density at radius 1 is 1.25 bits per heavy atom. The van der Waals surface area contributed by atoms with Gasteiger partial charge in [0.2, 0.25) is 0 Å². The maximum Gasteiger partial charge on any atom is 0.147 e. The Bertz CT molecular complexity index is 454. The van der Waals surface area contributed by atoms with Gasteiger partial charge in [0.05, 0.1) is 11.7 Å². The lowest BCUT2D eigenvalue weighted by atomic mass is 10.1. The van der Waals surface area contributed by atoms with Gasteiger partial charge in [-0.1, -0.05) is 6.92 Å². The van der Waals surface area contributed by atoms with Crippen molar-refractivity contribution in [3.05, 3.63) is 23.3 Å². The van der Waals surface area contributed by atoms with Gasteiger partial charge in [0.25, 0.3) is 0 Å². The Kier molecular flexibility index (Phi) is 4.29. The van der Waals surface area contributed by atoms with Crippen LogP contribution in [0.4, 0.5) is 0 Å². The zero-order chi connectivity index (χ0) is 13.9. The summed E-state index contributed by atoms with van der Waals surface area (Å²) in [5, 5.41) is 3.43. The molecule has 5 nitrogen and oxygen atoms in total. The number of rotatable bonds is 5. The van der Waals surface area contributed by atoms with Crippen LogP contribution in [0.15, 0.2) is 6.07 Å². The van der Waals surface area contributed by atoms with Crippen molar-refractivity contribution < 1.29 is 0 Å². The normalized spacial score (nSPS) is 28.8. The van der Waals surface area contributed by atoms with Crippen LogP contribution in [0.25, 0.3) is 0 Å². The van der Waals surface area contributed by atoms with Crippen LogP contribution in [0, 0.1) is 6.92 Å². The molecule has 0 aromatic carbocycles. The number of piperazine rings is 3. The second-order valence-corrected chi connectivity index (χ2v) is 5.89. The van der Waals surface area contributed by atoms with E-state index in [1.54, 1.807) is 0 Å². The van der Waals surface area contributed by atoms with Crippen molar-refractivity contribution in [2.75, 3.05) is 39.3 Å². The minimum Gasteiger partial charge on any atom is -0.311 e. The molecule has 1 aromatic rings. The van der Waals surface area contributed by atoms with Crippen molar-refractivity contribution >= 4 is 0 Å². The standard InChI is InChI=1S/C15H25N5/c1-3-4-16-10-13-9-12(2)17-15(18-13)14-11-19-5-7-20(14)8-6-19/h9,14,16H,3-8,10-11H2,1-2H3. The summed E-state index contributed by atoms with van der Waals surface area (Å²) >= 11 is 0. The molecule has 1 atom stereocenters. The van der Waals surface area contributed by atoms with Crippen molar-refractivity contribution in [3.63, 3.8) is 0 Å². The Morgan fingerprint density at radius 3 is 2.70 bits per heavy atom. The van der Waals surface area contributed by atoms with Crippen molar-refractivity contribution in [1.29, 1.82) is 0 Å². The topological polar surface area (TPSA) is 44.3 Å². The highest BCUT2D eigenvalue weighted by Gasteiger charge is 2.34. The van der Waals surface area contributed by atoms with Gasteiger partial charge in [-0.3, -0.25) is 9.80 Å². The molecule has 0 spiro atoms. The maximum atomic E-state index is 4.81. The lowest BCUT2D eigenvalue weighted by Gasteiger charge is -2.46. The van der Waals surface area contributed by atoms with E-state index in [1.807, 2.05) is 0 Å².